The molecule has 0 radical (unpaired) electrons. The van der Waals surface area contributed by atoms with Gasteiger partial charge < -0.3 is 10.7 Å². The molecule has 0 bridgehead atoms. The highest BCUT2D eigenvalue weighted by Crippen LogP contribution is 2.33. The van der Waals surface area contributed by atoms with Crippen LogP contribution in [0.3, 0.4) is 0 Å². The van der Waals surface area contributed by atoms with Gasteiger partial charge in [0.15, 0.2) is 5.17 Å². The fourth-order valence-corrected chi connectivity index (χ4v) is 5.05. The van der Waals surface area contributed by atoms with Crippen molar-refractivity contribution in [2.45, 2.75) is 12.7 Å². The van der Waals surface area contributed by atoms with E-state index in [1.54, 1.807) is 11.3 Å². The summed E-state index contributed by atoms with van der Waals surface area (Å²) in [6.45, 7) is 2.01. The lowest BCUT2D eigenvalue weighted by Crippen LogP contribution is -2.12. The summed E-state index contributed by atoms with van der Waals surface area (Å²) in [5.41, 5.74) is 8.79. The summed E-state index contributed by atoms with van der Waals surface area (Å²) in [5, 5.41) is 5.08. The molecule has 0 aliphatic heterocycles. The summed E-state index contributed by atoms with van der Waals surface area (Å²) in [6, 6.07) is 11.8. The minimum Gasteiger partial charge on any atom is -0.378 e. The Morgan fingerprint density at radius 2 is 2.19 bits per heavy atom. The number of thioether (sulfide) groups is 1. The number of aryl methyl sites for hydroxylation is 1. The van der Waals surface area contributed by atoms with Gasteiger partial charge in [-0.15, -0.1) is 22.7 Å². The van der Waals surface area contributed by atoms with Crippen LogP contribution in [0.1, 0.15) is 11.4 Å². The average Bonchev–Trinajstić information content (AvgIpc) is 3.29. The van der Waals surface area contributed by atoms with Gasteiger partial charge in [0.1, 0.15) is 10.7 Å². The van der Waals surface area contributed by atoms with E-state index in [1.807, 2.05) is 54.1 Å². The second-order valence-electron chi connectivity index (χ2n) is 5.90. The molecule has 4 rings (SSSR count). The van der Waals surface area contributed by atoms with E-state index in [4.69, 9.17) is 5.73 Å². The maximum Gasteiger partial charge on any atom is 0.260 e. The summed E-state index contributed by atoms with van der Waals surface area (Å²) in [6.07, 6.45) is 0. The van der Waals surface area contributed by atoms with Crippen LogP contribution in [0.5, 0.6) is 0 Å². The molecule has 3 aromatic heterocycles. The Hall–Kier alpha value is -2.42. The van der Waals surface area contributed by atoms with Gasteiger partial charge >= 0.3 is 0 Å². The number of nitrogens with zero attached hydrogens (tertiary/aromatic N) is 2. The van der Waals surface area contributed by atoms with Gasteiger partial charge in [-0.1, -0.05) is 30.0 Å². The largest absolute Gasteiger partial charge is 0.378 e. The number of nitrogens with two attached hydrogens (primary N) is 1. The number of benzene rings is 1. The number of thiophene rings is 2. The predicted octanol–water partition coefficient (Wildman–Crippen LogP) is 4.90. The van der Waals surface area contributed by atoms with Crippen LogP contribution < -0.4 is 11.3 Å². The first-order chi connectivity index (χ1) is 13.1. The molecular formula is C19H16N4OS3. The summed E-state index contributed by atoms with van der Waals surface area (Å²) in [5.74, 6) is 1.05. The zero-order valence-electron chi connectivity index (χ0n) is 14.4. The van der Waals surface area contributed by atoms with Gasteiger partial charge in [-0.2, -0.15) is 0 Å². The van der Waals surface area contributed by atoms with Gasteiger partial charge in [0.25, 0.3) is 5.56 Å². The van der Waals surface area contributed by atoms with Crippen molar-refractivity contribution in [2.75, 3.05) is 0 Å². The minimum atomic E-state index is -0.116. The van der Waals surface area contributed by atoms with Crippen molar-refractivity contribution >= 4 is 55.5 Å². The molecule has 4 aromatic rings. The van der Waals surface area contributed by atoms with E-state index in [-0.39, 0.29) is 5.56 Å². The number of H-pyrrole nitrogens is 1. The molecule has 0 saturated carbocycles. The first-order valence-electron chi connectivity index (χ1n) is 8.18. The van der Waals surface area contributed by atoms with Crippen molar-refractivity contribution in [2.24, 2.45) is 10.7 Å². The normalized spacial score (nSPS) is 12.0. The second-order valence-corrected chi connectivity index (χ2v) is 8.70. The molecule has 0 saturated heterocycles. The molecule has 0 fully saturated rings. The summed E-state index contributed by atoms with van der Waals surface area (Å²) in [4.78, 5) is 26.3. The SMILES string of the molecule is Cc1cccc(N=C(N)SCc2nc3scc(-c4cccs4)c3c(=O)[nH]2)c1. The molecule has 3 heterocycles. The number of hydrogen-bond donors (Lipinski definition) is 2. The lowest BCUT2D eigenvalue weighted by atomic mass is 10.2. The summed E-state index contributed by atoms with van der Waals surface area (Å²) >= 11 is 4.45. The number of amidine groups is 1. The van der Waals surface area contributed by atoms with Crippen LogP contribution in [0.2, 0.25) is 0 Å². The molecule has 0 spiro atoms. The lowest BCUT2D eigenvalue weighted by molar-refractivity contribution is 1.05. The third kappa shape index (κ3) is 3.97. The van der Waals surface area contributed by atoms with Crippen LogP contribution in [0.25, 0.3) is 20.7 Å². The number of aromatic amines is 1. The first kappa shape index (κ1) is 18.0. The minimum absolute atomic E-state index is 0.116. The van der Waals surface area contributed by atoms with E-state index in [0.717, 1.165) is 26.5 Å². The second kappa shape index (κ2) is 7.67. The first-order valence-corrected chi connectivity index (χ1v) is 10.9. The molecule has 0 aliphatic carbocycles. The average molecular weight is 413 g/mol. The third-order valence-electron chi connectivity index (χ3n) is 3.88. The molecule has 0 amide bonds. The monoisotopic (exact) mass is 412 g/mol. The number of rotatable bonds is 4. The van der Waals surface area contributed by atoms with E-state index < -0.39 is 0 Å². The zero-order chi connectivity index (χ0) is 18.8. The van der Waals surface area contributed by atoms with Crippen molar-refractivity contribution < 1.29 is 0 Å². The van der Waals surface area contributed by atoms with Gasteiger partial charge in [-0.3, -0.25) is 4.79 Å². The van der Waals surface area contributed by atoms with Crippen molar-refractivity contribution in [3.63, 3.8) is 0 Å². The van der Waals surface area contributed by atoms with Gasteiger partial charge in [-0.05, 0) is 36.1 Å². The molecule has 0 aliphatic rings. The lowest BCUT2D eigenvalue weighted by Gasteiger charge is -2.03. The van der Waals surface area contributed by atoms with Gasteiger partial charge in [0.2, 0.25) is 0 Å². The number of fused-ring (bicyclic) bond motifs is 1. The molecule has 1 aromatic carbocycles. The molecule has 0 unspecified atom stereocenters. The molecule has 8 heteroatoms. The van der Waals surface area contributed by atoms with Crippen LogP contribution in [0.15, 0.2) is 56.9 Å². The van der Waals surface area contributed by atoms with Crippen LogP contribution >= 0.6 is 34.4 Å². The predicted molar refractivity (Wildman–Crippen MR) is 117 cm³/mol. The number of aromatic nitrogens is 2. The highest BCUT2D eigenvalue weighted by Gasteiger charge is 2.13. The summed E-state index contributed by atoms with van der Waals surface area (Å²) < 4.78 is 0. The zero-order valence-corrected chi connectivity index (χ0v) is 16.9. The molecule has 5 nitrogen and oxygen atoms in total. The summed E-state index contributed by atoms with van der Waals surface area (Å²) in [7, 11) is 0. The molecule has 136 valence electrons. The Kier molecular flexibility index (Phi) is 5.11. The van der Waals surface area contributed by atoms with E-state index in [2.05, 4.69) is 15.0 Å². The Morgan fingerprint density at radius 1 is 1.30 bits per heavy atom. The van der Waals surface area contributed by atoms with E-state index in [9.17, 15) is 4.79 Å². The van der Waals surface area contributed by atoms with Crippen molar-refractivity contribution in [3.05, 3.63) is 68.9 Å². The third-order valence-corrected chi connectivity index (χ3v) is 6.46. The van der Waals surface area contributed by atoms with Crippen molar-refractivity contribution in [3.8, 4) is 10.4 Å². The molecule has 0 atom stereocenters. The van der Waals surface area contributed by atoms with E-state index in [1.165, 1.54) is 23.1 Å². The topological polar surface area (TPSA) is 84.1 Å². The van der Waals surface area contributed by atoms with Crippen LogP contribution in [0, 0.1) is 6.92 Å². The maximum atomic E-state index is 12.6. The number of nitrogens with one attached hydrogen (secondary N) is 1. The van der Waals surface area contributed by atoms with Crippen LogP contribution in [0.4, 0.5) is 5.69 Å². The highest BCUT2D eigenvalue weighted by molar-refractivity contribution is 8.13. The van der Waals surface area contributed by atoms with Crippen molar-refractivity contribution in [1.82, 2.24) is 9.97 Å². The Balaban J connectivity index is 1.56. The molecule has 27 heavy (non-hydrogen) atoms. The molecule has 3 N–H and O–H groups in total. The molecular weight excluding hydrogens is 396 g/mol. The smallest absolute Gasteiger partial charge is 0.260 e. The van der Waals surface area contributed by atoms with Crippen molar-refractivity contribution in [1.29, 1.82) is 0 Å². The van der Waals surface area contributed by atoms with E-state index >= 15 is 0 Å². The van der Waals surface area contributed by atoms with E-state index in [0.29, 0.717) is 22.1 Å². The maximum absolute atomic E-state index is 12.6. The standard InChI is InChI=1S/C19H16N4OS3/c1-11-4-2-5-12(8-11)21-19(20)27-10-15-22-17(24)16-13(9-26-18(16)23-15)14-6-3-7-25-14/h2-9H,10H2,1H3,(H2,20,21)(H,22,23,24). The van der Waals surface area contributed by atoms with Crippen LogP contribution in [-0.2, 0) is 5.75 Å². The number of aliphatic imine (C=N–C) groups is 1. The highest BCUT2D eigenvalue weighted by atomic mass is 32.2. The fraction of sp³-hybridized carbons (Fsp3) is 0.105. The number of hydrogen-bond acceptors (Lipinski definition) is 6. The van der Waals surface area contributed by atoms with Crippen LogP contribution in [-0.4, -0.2) is 15.1 Å². The van der Waals surface area contributed by atoms with Gasteiger partial charge in [-0.25, -0.2) is 9.98 Å². The quantitative estimate of drug-likeness (QED) is 0.369. The van der Waals surface area contributed by atoms with Gasteiger partial charge in [0, 0.05) is 15.8 Å². The Bertz CT molecular complexity index is 1180. The van der Waals surface area contributed by atoms with Gasteiger partial charge in [0.05, 0.1) is 16.8 Å². The fourth-order valence-electron chi connectivity index (χ4n) is 2.67. The Morgan fingerprint density at radius 3 is 2.96 bits per heavy atom. The Labute approximate surface area is 168 Å².